The van der Waals surface area contributed by atoms with Gasteiger partial charge in [0.25, 0.3) is 0 Å². The van der Waals surface area contributed by atoms with E-state index >= 15 is 0 Å². The van der Waals surface area contributed by atoms with Crippen LogP contribution < -0.4 is 9.64 Å². The molecular formula is C42H46N4O4. The molecular weight excluding hydrogens is 624 g/mol. The Hall–Kier alpha value is -5.21. The molecule has 0 N–H and O–H groups in total. The quantitative estimate of drug-likeness (QED) is 0.103. The lowest BCUT2D eigenvalue weighted by molar-refractivity contribution is -0.164. The highest BCUT2D eigenvalue weighted by Gasteiger charge is 2.35. The van der Waals surface area contributed by atoms with Gasteiger partial charge in [0.2, 0.25) is 0 Å². The summed E-state index contributed by atoms with van der Waals surface area (Å²) in [6.45, 7) is 19.6. The number of anilines is 1. The summed E-state index contributed by atoms with van der Waals surface area (Å²) in [4.78, 5) is 20.8. The molecule has 6 rings (SSSR count). The summed E-state index contributed by atoms with van der Waals surface area (Å²) in [5.74, 6) is 0.303. The van der Waals surface area contributed by atoms with Crippen molar-refractivity contribution in [2.45, 2.75) is 59.2 Å². The molecule has 0 radical (unpaired) electrons. The van der Waals surface area contributed by atoms with Gasteiger partial charge in [-0.05, 0) is 87.9 Å². The second-order valence-electron chi connectivity index (χ2n) is 13.7. The topological polar surface area (TPSA) is 78.2 Å². The van der Waals surface area contributed by atoms with Crippen molar-refractivity contribution >= 4 is 17.3 Å². The first kappa shape index (κ1) is 34.6. The van der Waals surface area contributed by atoms with Crippen LogP contribution in [0.15, 0.2) is 92.0 Å². The van der Waals surface area contributed by atoms with E-state index in [1.807, 2.05) is 57.4 Å². The lowest BCUT2D eigenvalue weighted by Crippen LogP contribution is -2.33. The smallest absolute Gasteiger partial charge is 0.339 e. The minimum absolute atomic E-state index is 0.507. The number of rotatable bonds is 11. The van der Waals surface area contributed by atoms with Gasteiger partial charge in [0.05, 0.1) is 36.3 Å². The van der Waals surface area contributed by atoms with Crippen molar-refractivity contribution in [2.75, 3.05) is 31.7 Å². The van der Waals surface area contributed by atoms with Crippen molar-refractivity contribution in [3.05, 3.63) is 114 Å². The number of hydrogen-bond acceptors (Lipinski definition) is 7. The second-order valence-corrected chi connectivity index (χ2v) is 13.7. The fraction of sp³-hybridized carbons (Fsp3) is 0.310. The molecule has 8 heteroatoms. The van der Waals surface area contributed by atoms with Crippen LogP contribution >= 0.6 is 0 Å². The molecule has 1 aliphatic rings. The average molecular weight is 671 g/mol. The molecule has 258 valence electrons. The molecule has 0 saturated carbocycles. The maximum absolute atomic E-state index is 13.6. The molecule has 5 aromatic rings. The molecule has 1 atom stereocenters. The van der Waals surface area contributed by atoms with E-state index in [9.17, 15) is 4.79 Å². The van der Waals surface area contributed by atoms with Crippen LogP contribution in [0.3, 0.4) is 0 Å². The van der Waals surface area contributed by atoms with Gasteiger partial charge in [-0.1, -0.05) is 54.6 Å². The lowest BCUT2D eigenvalue weighted by atomic mass is 9.95. The first-order valence-corrected chi connectivity index (χ1v) is 17.1. The summed E-state index contributed by atoms with van der Waals surface area (Å²) in [7, 11) is 1.38. The number of esters is 1. The van der Waals surface area contributed by atoms with Crippen molar-refractivity contribution < 1.29 is 19.0 Å². The van der Waals surface area contributed by atoms with Crippen LogP contribution in [0.1, 0.15) is 55.7 Å². The molecule has 3 heterocycles. The number of carbonyl (C=O) groups is 1. The molecule has 0 amide bonds. The number of carbonyl (C=O) groups excluding carboxylic acids is 1. The van der Waals surface area contributed by atoms with Gasteiger partial charge in [0.1, 0.15) is 12.4 Å². The largest absolute Gasteiger partial charge is 0.490 e. The summed E-state index contributed by atoms with van der Waals surface area (Å²) in [5, 5.41) is 5.21. The summed E-state index contributed by atoms with van der Waals surface area (Å²) in [6, 6.07) is 23.1. The van der Waals surface area contributed by atoms with E-state index in [2.05, 4.69) is 78.7 Å². The number of hydrogen-bond donors (Lipinski definition) is 0. The van der Waals surface area contributed by atoms with E-state index in [4.69, 9.17) is 24.3 Å². The zero-order valence-corrected chi connectivity index (χ0v) is 30.0. The van der Waals surface area contributed by atoms with E-state index in [0.717, 1.165) is 58.8 Å². The van der Waals surface area contributed by atoms with Crippen LogP contribution in [0.5, 0.6) is 5.75 Å². The van der Waals surface area contributed by atoms with Crippen molar-refractivity contribution in [1.29, 1.82) is 0 Å². The average Bonchev–Trinajstić information content (AvgIpc) is 3.52. The number of aromatic nitrogens is 3. The fourth-order valence-electron chi connectivity index (χ4n) is 6.68. The number of nitrogens with zero attached hydrogens (tertiary/aromatic N) is 4. The molecule has 0 unspecified atom stereocenters. The van der Waals surface area contributed by atoms with Crippen molar-refractivity contribution in [1.82, 2.24) is 14.6 Å². The fourth-order valence-corrected chi connectivity index (χ4v) is 6.68. The molecule has 1 aliphatic heterocycles. The molecule has 3 aromatic carbocycles. The molecule has 0 saturated heterocycles. The maximum atomic E-state index is 13.6. The predicted octanol–water partition coefficient (Wildman–Crippen LogP) is 8.88. The van der Waals surface area contributed by atoms with Gasteiger partial charge < -0.3 is 19.1 Å². The highest BCUT2D eigenvalue weighted by molar-refractivity contribution is 5.85. The molecule has 50 heavy (non-hydrogen) atoms. The Morgan fingerprint density at radius 3 is 2.52 bits per heavy atom. The highest BCUT2D eigenvalue weighted by Crippen LogP contribution is 2.43. The Kier molecular flexibility index (Phi) is 9.93. The van der Waals surface area contributed by atoms with E-state index < -0.39 is 17.7 Å². The Morgan fingerprint density at radius 2 is 1.78 bits per heavy atom. The van der Waals surface area contributed by atoms with E-state index in [1.54, 1.807) is 0 Å². The number of aryl methyl sites for hydroxylation is 3. The SMILES string of the molecule is C=CCCc1ccccc1-c1cccc(-c2cc3nc(C)c([C@H](OC(C)(C)C)C(=O)OC)c(-c4cc5c(cc4C)OCCN5CC=C)n3n2)c1. The van der Waals surface area contributed by atoms with Gasteiger partial charge in [0.15, 0.2) is 11.8 Å². The lowest BCUT2D eigenvalue weighted by Gasteiger charge is -2.32. The standard InChI is InChI=1S/C42H46N4O4/c1-9-11-15-29-16-12-13-19-32(29)30-17-14-18-31(24-30)34-26-37-43-28(4)38(40(41(47)48-8)50-42(5,6)7)39(46(37)44-34)33-25-35-36(23-27(33)3)49-22-21-45(35)20-10-2/h9-10,12-14,16-19,23-26,40H,1-2,11,15,20-22H2,3-8H3/t40-/m0/s1. The van der Waals surface area contributed by atoms with Crippen molar-refractivity contribution in [2.24, 2.45) is 0 Å². The summed E-state index contributed by atoms with van der Waals surface area (Å²) in [6.07, 6.45) is 4.62. The van der Waals surface area contributed by atoms with Gasteiger partial charge in [-0.25, -0.2) is 14.3 Å². The Labute approximate surface area is 295 Å². The highest BCUT2D eigenvalue weighted by atomic mass is 16.6. The van der Waals surface area contributed by atoms with Crippen LogP contribution in [0.4, 0.5) is 5.69 Å². The summed E-state index contributed by atoms with van der Waals surface area (Å²) >= 11 is 0. The number of allylic oxidation sites excluding steroid dienone is 1. The molecule has 0 aliphatic carbocycles. The summed E-state index contributed by atoms with van der Waals surface area (Å²) in [5.41, 5.74) is 10.1. The van der Waals surface area contributed by atoms with Crippen LogP contribution in [0.25, 0.3) is 39.3 Å². The van der Waals surface area contributed by atoms with Crippen LogP contribution in [-0.4, -0.2) is 53.0 Å². The Balaban J connectivity index is 1.60. The molecule has 0 bridgehead atoms. The van der Waals surface area contributed by atoms with E-state index in [-0.39, 0.29) is 0 Å². The van der Waals surface area contributed by atoms with Crippen molar-refractivity contribution in [3.63, 3.8) is 0 Å². The number of benzene rings is 3. The Morgan fingerprint density at radius 1 is 1.00 bits per heavy atom. The first-order chi connectivity index (χ1) is 24.0. The van der Waals surface area contributed by atoms with Gasteiger partial charge in [-0.2, -0.15) is 5.10 Å². The first-order valence-electron chi connectivity index (χ1n) is 17.1. The van der Waals surface area contributed by atoms with E-state index in [0.29, 0.717) is 35.8 Å². The normalized spacial score (nSPS) is 13.4. The third-order valence-electron chi connectivity index (χ3n) is 8.95. The zero-order valence-electron chi connectivity index (χ0n) is 30.0. The molecule has 0 spiro atoms. The minimum Gasteiger partial charge on any atom is -0.490 e. The molecule has 8 nitrogen and oxygen atoms in total. The summed E-state index contributed by atoms with van der Waals surface area (Å²) < 4.78 is 19.8. The van der Waals surface area contributed by atoms with Crippen molar-refractivity contribution in [3.8, 4) is 39.4 Å². The monoisotopic (exact) mass is 670 g/mol. The van der Waals surface area contributed by atoms with E-state index in [1.165, 1.54) is 18.2 Å². The van der Waals surface area contributed by atoms with Gasteiger partial charge in [-0.3, -0.25) is 0 Å². The Bertz CT molecular complexity index is 2070. The zero-order chi connectivity index (χ0) is 35.6. The number of fused-ring (bicyclic) bond motifs is 2. The second kappa shape index (κ2) is 14.3. The molecule has 2 aromatic heterocycles. The third kappa shape index (κ3) is 6.94. The van der Waals surface area contributed by atoms with Crippen LogP contribution in [0.2, 0.25) is 0 Å². The minimum atomic E-state index is -1.05. The molecule has 0 fully saturated rings. The van der Waals surface area contributed by atoms with Crippen LogP contribution in [0, 0.1) is 13.8 Å². The van der Waals surface area contributed by atoms with Gasteiger partial charge >= 0.3 is 5.97 Å². The van der Waals surface area contributed by atoms with Crippen LogP contribution in [-0.2, 0) is 20.7 Å². The number of ether oxygens (including phenoxy) is 3. The van der Waals surface area contributed by atoms with Gasteiger partial charge in [0, 0.05) is 35.0 Å². The predicted molar refractivity (Wildman–Crippen MR) is 201 cm³/mol. The third-order valence-corrected chi connectivity index (χ3v) is 8.95. The van der Waals surface area contributed by atoms with Gasteiger partial charge in [-0.15, -0.1) is 13.2 Å². The number of methoxy groups -OCH3 is 1. The maximum Gasteiger partial charge on any atom is 0.339 e.